The Balaban J connectivity index is 1.40. The molecule has 0 bridgehead atoms. The van der Waals surface area contributed by atoms with Crippen LogP contribution in [0.1, 0.15) is 48.9 Å². The van der Waals surface area contributed by atoms with E-state index in [1.807, 2.05) is 30.0 Å². The molecule has 0 aromatic heterocycles. The minimum atomic E-state index is -0.364. The van der Waals surface area contributed by atoms with Crippen molar-refractivity contribution in [3.63, 3.8) is 0 Å². The van der Waals surface area contributed by atoms with Crippen LogP contribution >= 0.6 is 11.8 Å². The van der Waals surface area contributed by atoms with E-state index in [0.717, 1.165) is 23.4 Å². The van der Waals surface area contributed by atoms with Crippen molar-refractivity contribution in [1.29, 1.82) is 0 Å². The number of hydrogen-bond acceptors (Lipinski definition) is 3. The standard InChI is InChI=1S/C24H27FN2O2S/c25-19-13-11-17(12-14-19)24(29)27-15-5-6-18(16-27)23(28)26-21-9-3-4-10-22(21)30-20-7-1-2-8-20/h3-4,9-14,18,20H,1-2,5-8,15-16H2,(H,26,28). The molecule has 1 unspecified atom stereocenters. The van der Waals surface area contributed by atoms with Gasteiger partial charge in [-0.05, 0) is 62.1 Å². The van der Waals surface area contributed by atoms with Gasteiger partial charge in [0.1, 0.15) is 5.82 Å². The van der Waals surface area contributed by atoms with Crippen molar-refractivity contribution < 1.29 is 14.0 Å². The summed E-state index contributed by atoms with van der Waals surface area (Å²) in [6.45, 7) is 1.01. The number of likely N-dealkylation sites (tertiary alicyclic amines) is 1. The van der Waals surface area contributed by atoms with Gasteiger partial charge in [0.25, 0.3) is 5.91 Å². The zero-order valence-electron chi connectivity index (χ0n) is 17.0. The van der Waals surface area contributed by atoms with E-state index >= 15 is 0 Å². The van der Waals surface area contributed by atoms with Crippen molar-refractivity contribution in [3.8, 4) is 0 Å². The zero-order valence-corrected chi connectivity index (χ0v) is 17.8. The first-order valence-electron chi connectivity index (χ1n) is 10.7. The van der Waals surface area contributed by atoms with Gasteiger partial charge in [0.2, 0.25) is 5.91 Å². The molecule has 1 heterocycles. The number of amides is 2. The Kier molecular flexibility index (Phi) is 6.72. The molecule has 1 aliphatic heterocycles. The quantitative estimate of drug-likeness (QED) is 0.701. The van der Waals surface area contributed by atoms with Gasteiger partial charge in [0.15, 0.2) is 0 Å². The third kappa shape index (κ3) is 5.04. The largest absolute Gasteiger partial charge is 0.338 e. The van der Waals surface area contributed by atoms with Gasteiger partial charge in [-0.2, -0.15) is 0 Å². The zero-order chi connectivity index (χ0) is 20.9. The number of benzene rings is 2. The fourth-order valence-corrected chi connectivity index (χ4v) is 5.58. The van der Waals surface area contributed by atoms with Gasteiger partial charge in [-0.1, -0.05) is 25.0 Å². The van der Waals surface area contributed by atoms with E-state index in [9.17, 15) is 14.0 Å². The molecule has 2 fully saturated rings. The number of anilines is 1. The number of hydrogen-bond donors (Lipinski definition) is 1. The number of halogens is 1. The molecule has 2 aliphatic rings. The molecule has 1 saturated carbocycles. The number of nitrogens with zero attached hydrogens (tertiary/aromatic N) is 1. The molecule has 0 radical (unpaired) electrons. The lowest BCUT2D eigenvalue weighted by Gasteiger charge is -2.32. The summed E-state index contributed by atoms with van der Waals surface area (Å²) >= 11 is 1.86. The van der Waals surface area contributed by atoms with Crippen LogP contribution in [-0.2, 0) is 4.79 Å². The number of carbonyl (C=O) groups excluding carboxylic acids is 2. The highest BCUT2D eigenvalue weighted by atomic mass is 32.2. The van der Waals surface area contributed by atoms with Gasteiger partial charge in [-0.15, -0.1) is 11.8 Å². The van der Waals surface area contributed by atoms with E-state index in [2.05, 4.69) is 11.4 Å². The molecule has 6 heteroatoms. The fourth-order valence-electron chi connectivity index (χ4n) is 4.24. The second-order valence-electron chi connectivity index (χ2n) is 8.11. The topological polar surface area (TPSA) is 49.4 Å². The highest BCUT2D eigenvalue weighted by Crippen LogP contribution is 2.38. The molecule has 1 N–H and O–H groups in total. The van der Waals surface area contributed by atoms with Crippen molar-refractivity contribution in [2.45, 2.75) is 48.7 Å². The maximum atomic E-state index is 13.1. The van der Waals surface area contributed by atoms with Gasteiger partial charge in [0, 0.05) is 28.8 Å². The van der Waals surface area contributed by atoms with E-state index < -0.39 is 0 Å². The molecule has 30 heavy (non-hydrogen) atoms. The Morgan fingerprint density at radius 2 is 1.70 bits per heavy atom. The van der Waals surface area contributed by atoms with Gasteiger partial charge >= 0.3 is 0 Å². The molecule has 1 saturated heterocycles. The summed E-state index contributed by atoms with van der Waals surface area (Å²) in [5.41, 5.74) is 1.32. The highest BCUT2D eigenvalue weighted by Gasteiger charge is 2.29. The lowest BCUT2D eigenvalue weighted by Crippen LogP contribution is -2.43. The van der Waals surface area contributed by atoms with Crippen LogP contribution in [0.2, 0.25) is 0 Å². The number of carbonyl (C=O) groups is 2. The number of nitrogens with one attached hydrogen (secondary N) is 1. The van der Waals surface area contributed by atoms with Gasteiger partial charge in [-0.25, -0.2) is 4.39 Å². The molecule has 2 aromatic carbocycles. The van der Waals surface area contributed by atoms with Crippen molar-refractivity contribution in [2.24, 2.45) is 5.92 Å². The minimum Gasteiger partial charge on any atom is -0.338 e. The lowest BCUT2D eigenvalue weighted by molar-refractivity contribution is -0.121. The highest BCUT2D eigenvalue weighted by molar-refractivity contribution is 8.00. The maximum absolute atomic E-state index is 13.1. The molecule has 4 nitrogen and oxygen atoms in total. The second kappa shape index (κ2) is 9.65. The van der Waals surface area contributed by atoms with Crippen LogP contribution in [0, 0.1) is 11.7 Å². The van der Waals surface area contributed by atoms with E-state index in [1.165, 1.54) is 49.9 Å². The summed E-state index contributed by atoms with van der Waals surface area (Å²) in [5.74, 6) is -0.792. The Hall–Kier alpha value is -2.34. The summed E-state index contributed by atoms with van der Waals surface area (Å²) in [6, 6.07) is 13.6. The predicted molar refractivity (Wildman–Crippen MR) is 118 cm³/mol. The average molecular weight is 427 g/mol. The smallest absolute Gasteiger partial charge is 0.253 e. The monoisotopic (exact) mass is 426 g/mol. The van der Waals surface area contributed by atoms with Gasteiger partial charge in [0.05, 0.1) is 11.6 Å². The summed E-state index contributed by atoms with van der Waals surface area (Å²) < 4.78 is 13.1. The van der Waals surface area contributed by atoms with Gasteiger partial charge in [-0.3, -0.25) is 9.59 Å². The molecule has 0 spiro atoms. The number of para-hydroxylation sites is 1. The SMILES string of the molecule is O=C(Nc1ccccc1SC1CCCC1)C1CCCN(C(=O)c2ccc(F)cc2)C1. The van der Waals surface area contributed by atoms with Crippen LogP contribution < -0.4 is 5.32 Å². The average Bonchev–Trinajstić information content (AvgIpc) is 3.28. The molecule has 158 valence electrons. The van der Waals surface area contributed by atoms with E-state index in [1.54, 1.807) is 4.90 Å². The Bertz CT molecular complexity index is 896. The van der Waals surface area contributed by atoms with Crippen LogP contribution in [0.5, 0.6) is 0 Å². The van der Waals surface area contributed by atoms with E-state index in [0.29, 0.717) is 23.9 Å². The van der Waals surface area contributed by atoms with Crippen molar-refractivity contribution in [2.75, 3.05) is 18.4 Å². The van der Waals surface area contributed by atoms with Crippen LogP contribution in [0.25, 0.3) is 0 Å². The van der Waals surface area contributed by atoms with Gasteiger partial charge < -0.3 is 10.2 Å². The molecular formula is C24H27FN2O2S. The normalized spacial score (nSPS) is 19.6. The van der Waals surface area contributed by atoms with Crippen LogP contribution in [0.15, 0.2) is 53.4 Å². The van der Waals surface area contributed by atoms with E-state index in [-0.39, 0.29) is 23.5 Å². The minimum absolute atomic E-state index is 0.0360. The summed E-state index contributed by atoms with van der Waals surface area (Å²) in [6.07, 6.45) is 6.57. The molecular weight excluding hydrogens is 399 g/mol. The summed E-state index contributed by atoms with van der Waals surface area (Å²) in [7, 11) is 0. The summed E-state index contributed by atoms with van der Waals surface area (Å²) in [5, 5.41) is 3.74. The van der Waals surface area contributed by atoms with Crippen LogP contribution in [0.3, 0.4) is 0 Å². The lowest BCUT2D eigenvalue weighted by atomic mass is 9.96. The Labute approximate surface area is 181 Å². The molecule has 1 aliphatic carbocycles. The van der Waals surface area contributed by atoms with Crippen LogP contribution in [0.4, 0.5) is 10.1 Å². The van der Waals surface area contributed by atoms with E-state index in [4.69, 9.17) is 0 Å². The first-order chi connectivity index (χ1) is 14.6. The predicted octanol–water partition coefficient (Wildman–Crippen LogP) is 5.35. The fraction of sp³-hybridized carbons (Fsp3) is 0.417. The third-order valence-electron chi connectivity index (χ3n) is 5.91. The molecule has 4 rings (SSSR count). The number of piperidine rings is 1. The Morgan fingerprint density at radius 3 is 2.47 bits per heavy atom. The number of rotatable bonds is 5. The Morgan fingerprint density at radius 1 is 0.967 bits per heavy atom. The summed E-state index contributed by atoms with van der Waals surface area (Å²) in [4.78, 5) is 28.6. The molecule has 2 aromatic rings. The maximum Gasteiger partial charge on any atom is 0.253 e. The number of thioether (sulfide) groups is 1. The van der Waals surface area contributed by atoms with Crippen LogP contribution in [-0.4, -0.2) is 35.1 Å². The van der Waals surface area contributed by atoms with Crippen molar-refractivity contribution >= 4 is 29.3 Å². The molecule has 1 atom stereocenters. The third-order valence-corrected chi connectivity index (χ3v) is 7.33. The van der Waals surface area contributed by atoms with Crippen molar-refractivity contribution in [1.82, 2.24) is 4.90 Å². The molecule has 2 amide bonds. The van der Waals surface area contributed by atoms with Crippen molar-refractivity contribution in [3.05, 3.63) is 59.9 Å². The first-order valence-corrected chi connectivity index (χ1v) is 11.6. The second-order valence-corrected chi connectivity index (χ2v) is 9.45. The first kappa shape index (κ1) is 20.9.